The van der Waals surface area contributed by atoms with Crippen molar-refractivity contribution in [1.82, 2.24) is 20.1 Å². The number of ether oxygens (including phenoxy) is 1. The number of piperidine rings is 1. The molecule has 3 rings (SSSR count). The number of hydrogen-bond donors (Lipinski definition) is 2. The Kier molecular flexibility index (Phi) is 4.70. The first-order valence-corrected chi connectivity index (χ1v) is 7.81. The summed E-state index contributed by atoms with van der Waals surface area (Å²) in [7, 11) is 2.15. The molecule has 0 atom stereocenters. The molecular weight excluding hydrogens is 278 g/mol. The lowest BCUT2D eigenvalue weighted by atomic mass is 10.1. The molecule has 118 valence electrons. The second-order valence-electron chi connectivity index (χ2n) is 5.79. The predicted octanol–water partition coefficient (Wildman–Crippen LogP) is 1.45. The summed E-state index contributed by atoms with van der Waals surface area (Å²) in [4.78, 5) is 6.77. The number of aromatic amines is 1. The van der Waals surface area contributed by atoms with Gasteiger partial charge in [-0.1, -0.05) is 0 Å². The number of nitrogens with zero attached hydrogens (tertiary/aromatic N) is 3. The van der Waals surface area contributed by atoms with Crippen LogP contribution >= 0.6 is 0 Å². The highest BCUT2D eigenvalue weighted by atomic mass is 16.5. The van der Waals surface area contributed by atoms with Crippen LogP contribution in [0, 0.1) is 0 Å². The Morgan fingerprint density at radius 1 is 1.27 bits per heavy atom. The van der Waals surface area contributed by atoms with Gasteiger partial charge < -0.3 is 15.4 Å². The molecule has 6 heteroatoms. The van der Waals surface area contributed by atoms with Crippen LogP contribution in [0.15, 0.2) is 24.3 Å². The fourth-order valence-corrected chi connectivity index (χ4v) is 2.65. The van der Waals surface area contributed by atoms with Gasteiger partial charge in [0, 0.05) is 25.1 Å². The number of nitrogens with two attached hydrogens (primary N) is 1. The molecule has 1 aromatic carbocycles. The third-order valence-corrected chi connectivity index (χ3v) is 3.99. The third kappa shape index (κ3) is 3.64. The zero-order valence-corrected chi connectivity index (χ0v) is 13.0. The number of benzene rings is 1. The molecule has 0 bridgehead atoms. The highest BCUT2D eigenvalue weighted by Gasteiger charge is 2.18. The summed E-state index contributed by atoms with van der Waals surface area (Å²) in [6, 6.07) is 7.98. The van der Waals surface area contributed by atoms with Crippen LogP contribution in [-0.4, -0.2) is 52.9 Å². The van der Waals surface area contributed by atoms with Crippen LogP contribution in [0.4, 0.5) is 0 Å². The smallest absolute Gasteiger partial charge is 0.181 e. The van der Waals surface area contributed by atoms with E-state index in [9.17, 15) is 0 Å². The van der Waals surface area contributed by atoms with Gasteiger partial charge in [-0.05, 0) is 50.7 Å². The first-order valence-electron chi connectivity index (χ1n) is 7.81. The Hall–Kier alpha value is -1.92. The summed E-state index contributed by atoms with van der Waals surface area (Å²) in [6.07, 6.45) is 3.20. The van der Waals surface area contributed by atoms with E-state index < -0.39 is 0 Å². The number of aromatic nitrogens is 3. The van der Waals surface area contributed by atoms with Gasteiger partial charge >= 0.3 is 0 Å². The minimum atomic E-state index is 0.321. The molecule has 2 aromatic rings. The Bertz CT molecular complexity index is 587. The van der Waals surface area contributed by atoms with Crippen molar-refractivity contribution in [2.75, 3.05) is 26.7 Å². The van der Waals surface area contributed by atoms with E-state index in [1.807, 2.05) is 24.3 Å². The third-order valence-electron chi connectivity index (χ3n) is 3.99. The Balaban J connectivity index is 1.62. The van der Waals surface area contributed by atoms with Gasteiger partial charge in [-0.15, -0.1) is 0 Å². The number of rotatable bonds is 5. The van der Waals surface area contributed by atoms with E-state index in [4.69, 9.17) is 10.5 Å². The normalized spacial score (nSPS) is 16.8. The standard InChI is InChI=1S/C16H23N5O/c1-21-10-7-14(8-11-21)22-13-4-2-12(3-5-13)16-18-15(6-9-17)19-20-16/h2-5,14H,6-11,17H2,1H3,(H,18,19,20). The number of hydrogen-bond acceptors (Lipinski definition) is 5. The van der Waals surface area contributed by atoms with E-state index in [1.165, 1.54) is 0 Å². The van der Waals surface area contributed by atoms with E-state index in [0.29, 0.717) is 24.9 Å². The molecule has 1 saturated heterocycles. The van der Waals surface area contributed by atoms with Crippen LogP contribution in [0.3, 0.4) is 0 Å². The van der Waals surface area contributed by atoms with Crippen molar-refractivity contribution in [2.45, 2.75) is 25.4 Å². The molecule has 3 N–H and O–H groups in total. The maximum absolute atomic E-state index is 6.05. The average molecular weight is 301 g/mol. The van der Waals surface area contributed by atoms with Gasteiger partial charge in [0.1, 0.15) is 17.7 Å². The van der Waals surface area contributed by atoms with Gasteiger partial charge in [0.2, 0.25) is 0 Å². The van der Waals surface area contributed by atoms with Crippen molar-refractivity contribution in [3.8, 4) is 17.1 Å². The largest absolute Gasteiger partial charge is 0.490 e. The molecule has 2 heterocycles. The Morgan fingerprint density at radius 3 is 2.68 bits per heavy atom. The summed E-state index contributed by atoms with van der Waals surface area (Å²) < 4.78 is 6.05. The fourth-order valence-electron chi connectivity index (χ4n) is 2.65. The molecule has 1 aliphatic rings. The van der Waals surface area contributed by atoms with Crippen LogP contribution in [0.25, 0.3) is 11.4 Å². The quantitative estimate of drug-likeness (QED) is 0.873. The van der Waals surface area contributed by atoms with Crippen LogP contribution in [0.2, 0.25) is 0 Å². The van der Waals surface area contributed by atoms with Crippen molar-refractivity contribution >= 4 is 0 Å². The summed E-state index contributed by atoms with van der Waals surface area (Å²) in [6.45, 7) is 2.77. The van der Waals surface area contributed by atoms with Crippen LogP contribution < -0.4 is 10.5 Å². The van der Waals surface area contributed by atoms with Crippen molar-refractivity contribution in [2.24, 2.45) is 5.73 Å². The maximum atomic E-state index is 6.05. The second kappa shape index (κ2) is 6.89. The predicted molar refractivity (Wildman–Crippen MR) is 85.7 cm³/mol. The maximum Gasteiger partial charge on any atom is 0.181 e. The zero-order chi connectivity index (χ0) is 15.4. The topological polar surface area (TPSA) is 80.1 Å². The summed E-state index contributed by atoms with van der Waals surface area (Å²) in [5.41, 5.74) is 6.50. The Morgan fingerprint density at radius 2 is 2.00 bits per heavy atom. The molecule has 22 heavy (non-hydrogen) atoms. The van der Waals surface area contributed by atoms with E-state index in [-0.39, 0.29) is 0 Å². The zero-order valence-electron chi connectivity index (χ0n) is 13.0. The number of likely N-dealkylation sites (tertiary alicyclic amines) is 1. The lowest BCUT2D eigenvalue weighted by Crippen LogP contribution is -2.35. The van der Waals surface area contributed by atoms with Crippen molar-refractivity contribution in [1.29, 1.82) is 0 Å². The number of nitrogens with one attached hydrogen (secondary N) is 1. The molecule has 1 aliphatic heterocycles. The average Bonchev–Trinajstić information content (AvgIpc) is 2.99. The highest BCUT2D eigenvalue weighted by Crippen LogP contribution is 2.22. The molecule has 0 spiro atoms. The first-order chi connectivity index (χ1) is 10.7. The van der Waals surface area contributed by atoms with Gasteiger partial charge in [-0.3, -0.25) is 5.10 Å². The Labute approximate surface area is 130 Å². The van der Waals surface area contributed by atoms with Crippen LogP contribution in [0.5, 0.6) is 5.75 Å². The summed E-state index contributed by atoms with van der Waals surface area (Å²) >= 11 is 0. The van der Waals surface area contributed by atoms with Gasteiger partial charge in [0.25, 0.3) is 0 Å². The monoisotopic (exact) mass is 301 g/mol. The fraction of sp³-hybridized carbons (Fsp3) is 0.500. The molecular formula is C16H23N5O. The van der Waals surface area contributed by atoms with Crippen molar-refractivity contribution in [3.05, 3.63) is 30.1 Å². The van der Waals surface area contributed by atoms with Gasteiger partial charge in [-0.2, -0.15) is 5.10 Å². The second-order valence-corrected chi connectivity index (χ2v) is 5.79. The minimum Gasteiger partial charge on any atom is -0.490 e. The summed E-state index contributed by atoms with van der Waals surface area (Å²) in [5, 5.41) is 7.13. The van der Waals surface area contributed by atoms with Crippen LogP contribution in [0.1, 0.15) is 18.7 Å². The molecule has 0 saturated carbocycles. The van der Waals surface area contributed by atoms with Crippen molar-refractivity contribution < 1.29 is 4.74 Å². The number of H-pyrrole nitrogens is 1. The molecule has 0 aliphatic carbocycles. The van der Waals surface area contributed by atoms with E-state index >= 15 is 0 Å². The van der Waals surface area contributed by atoms with Gasteiger partial charge in [0.15, 0.2) is 5.82 Å². The lowest BCUT2D eigenvalue weighted by molar-refractivity contribution is 0.114. The van der Waals surface area contributed by atoms with Gasteiger partial charge in [0.05, 0.1) is 0 Å². The molecule has 0 unspecified atom stereocenters. The molecule has 1 aromatic heterocycles. The van der Waals surface area contributed by atoms with E-state index in [0.717, 1.165) is 43.1 Å². The van der Waals surface area contributed by atoms with E-state index in [2.05, 4.69) is 27.1 Å². The first kappa shape index (κ1) is 15.0. The van der Waals surface area contributed by atoms with Crippen LogP contribution in [-0.2, 0) is 6.42 Å². The molecule has 6 nitrogen and oxygen atoms in total. The van der Waals surface area contributed by atoms with Gasteiger partial charge in [-0.25, -0.2) is 4.98 Å². The van der Waals surface area contributed by atoms with Crippen molar-refractivity contribution in [3.63, 3.8) is 0 Å². The SMILES string of the molecule is CN1CCC(Oc2ccc(-c3n[nH]c(CCN)n3)cc2)CC1. The minimum absolute atomic E-state index is 0.321. The highest BCUT2D eigenvalue weighted by molar-refractivity contribution is 5.55. The molecule has 0 radical (unpaired) electrons. The molecule has 0 amide bonds. The summed E-state index contributed by atoms with van der Waals surface area (Å²) in [5.74, 6) is 2.44. The molecule has 1 fully saturated rings. The lowest BCUT2D eigenvalue weighted by Gasteiger charge is -2.29. The van der Waals surface area contributed by atoms with E-state index in [1.54, 1.807) is 0 Å².